The Kier molecular flexibility index (Phi) is 3.54. The first-order valence-corrected chi connectivity index (χ1v) is 6.30. The number of nitrogens with two attached hydrogens (primary N) is 1. The maximum absolute atomic E-state index is 13.7. The van der Waals surface area contributed by atoms with Gasteiger partial charge in [0, 0.05) is 16.3 Å². The van der Waals surface area contributed by atoms with E-state index in [0.717, 1.165) is 4.88 Å². The number of rotatable bonds is 3. The van der Waals surface area contributed by atoms with E-state index in [0.29, 0.717) is 12.2 Å². The topological polar surface area (TPSA) is 38.0 Å². The van der Waals surface area contributed by atoms with Gasteiger partial charge in [0.2, 0.25) is 0 Å². The van der Waals surface area contributed by atoms with Crippen LogP contribution in [0.1, 0.15) is 9.75 Å². The molecule has 17 heavy (non-hydrogen) atoms. The number of hydrogen-bond donors (Lipinski definition) is 2. The third-order valence-corrected chi connectivity index (χ3v) is 3.66. The third-order valence-electron chi connectivity index (χ3n) is 2.36. The summed E-state index contributed by atoms with van der Waals surface area (Å²) in [7, 11) is 0. The van der Waals surface area contributed by atoms with Gasteiger partial charge in [-0.05, 0) is 31.2 Å². The molecular weight excluding hydrogens is 259 g/mol. The molecule has 2 rings (SSSR count). The number of nitrogen functional groups attached to an aromatic ring is 1. The second kappa shape index (κ2) is 4.94. The zero-order valence-corrected chi connectivity index (χ0v) is 10.8. The zero-order chi connectivity index (χ0) is 12.4. The van der Waals surface area contributed by atoms with Gasteiger partial charge in [0.25, 0.3) is 0 Å². The van der Waals surface area contributed by atoms with Crippen molar-refractivity contribution in [3.63, 3.8) is 0 Å². The molecule has 0 fully saturated rings. The van der Waals surface area contributed by atoms with E-state index in [1.807, 2.05) is 19.1 Å². The van der Waals surface area contributed by atoms with Crippen LogP contribution in [0.5, 0.6) is 0 Å². The molecule has 0 saturated carbocycles. The van der Waals surface area contributed by atoms with Crippen molar-refractivity contribution in [3.8, 4) is 0 Å². The highest BCUT2D eigenvalue weighted by Gasteiger charge is 2.10. The number of benzene rings is 1. The summed E-state index contributed by atoms with van der Waals surface area (Å²) >= 11 is 7.37. The van der Waals surface area contributed by atoms with Gasteiger partial charge >= 0.3 is 0 Å². The highest BCUT2D eigenvalue weighted by molar-refractivity contribution is 7.11. The van der Waals surface area contributed by atoms with Gasteiger partial charge in [0.15, 0.2) is 5.82 Å². The summed E-state index contributed by atoms with van der Waals surface area (Å²) in [6.07, 6.45) is 0. The van der Waals surface area contributed by atoms with Crippen LogP contribution in [0, 0.1) is 12.7 Å². The fourth-order valence-electron chi connectivity index (χ4n) is 1.50. The first-order chi connectivity index (χ1) is 8.08. The molecule has 0 unspecified atom stereocenters. The molecule has 3 N–H and O–H groups in total. The average molecular weight is 271 g/mol. The van der Waals surface area contributed by atoms with Crippen molar-refractivity contribution in [2.45, 2.75) is 13.5 Å². The maximum atomic E-state index is 13.7. The number of nitrogens with one attached hydrogen (secondary N) is 1. The molecule has 0 atom stereocenters. The predicted molar refractivity (Wildman–Crippen MR) is 72.2 cm³/mol. The van der Waals surface area contributed by atoms with Crippen LogP contribution in [0.15, 0.2) is 24.3 Å². The lowest BCUT2D eigenvalue weighted by Gasteiger charge is -2.10. The highest BCUT2D eigenvalue weighted by atomic mass is 35.5. The van der Waals surface area contributed by atoms with Crippen LogP contribution in [-0.2, 0) is 6.54 Å². The zero-order valence-electron chi connectivity index (χ0n) is 9.26. The summed E-state index contributed by atoms with van der Waals surface area (Å²) in [5, 5.41) is 3.05. The second-order valence-electron chi connectivity index (χ2n) is 3.69. The smallest absolute Gasteiger partial charge is 0.166 e. The van der Waals surface area contributed by atoms with E-state index in [9.17, 15) is 4.39 Å². The van der Waals surface area contributed by atoms with Gasteiger partial charge in [0.05, 0.1) is 16.4 Å². The largest absolute Gasteiger partial charge is 0.397 e. The summed E-state index contributed by atoms with van der Waals surface area (Å²) in [4.78, 5) is 2.35. The molecule has 0 bridgehead atoms. The number of anilines is 2. The first-order valence-electron chi connectivity index (χ1n) is 5.10. The van der Waals surface area contributed by atoms with Gasteiger partial charge in [-0.15, -0.1) is 11.3 Å². The van der Waals surface area contributed by atoms with E-state index in [1.54, 1.807) is 17.4 Å². The fraction of sp³-hybridized carbons (Fsp3) is 0.167. The van der Waals surface area contributed by atoms with Gasteiger partial charge in [-0.25, -0.2) is 4.39 Å². The van der Waals surface area contributed by atoms with Crippen LogP contribution in [0.4, 0.5) is 15.8 Å². The van der Waals surface area contributed by atoms with Crippen LogP contribution in [0.25, 0.3) is 0 Å². The van der Waals surface area contributed by atoms with Crippen molar-refractivity contribution < 1.29 is 4.39 Å². The van der Waals surface area contributed by atoms with Crippen LogP contribution in [0.3, 0.4) is 0 Å². The van der Waals surface area contributed by atoms with Gasteiger partial charge < -0.3 is 11.1 Å². The van der Waals surface area contributed by atoms with E-state index in [1.165, 1.54) is 10.9 Å². The minimum atomic E-state index is -0.500. The molecule has 1 aromatic carbocycles. The second-order valence-corrected chi connectivity index (χ2v) is 5.47. The van der Waals surface area contributed by atoms with E-state index in [-0.39, 0.29) is 10.7 Å². The Morgan fingerprint density at radius 1 is 1.35 bits per heavy atom. The molecule has 90 valence electrons. The minimum absolute atomic E-state index is 0.0732. The van der Waals surface area contributed by atoms with Crippen LogP contribution >= 0.6 is 22.9 Å². The fourth-order valence-corrected chi connectivity index (χ4v) is 2.49. The predicted octanol–water partition coefficient (Wildman–Crippen LogP) is 4.04. The Bertz CT molecular complexity index is 539. The van der Waals surface area contributed by atoms with E-state index in [2.05, 4.69) is 5.32 Å². The SMILES string of the molecule is Cc1ccc(CNc2c(N)ccc(Cl)c2F)s1. The van der Waals surface area contributed by atoms with Crippen LogP contribution in [-0.4, -0.2) is 0 Å². The first kappa shape index (κ1) is 12.2. The molecule has 5 heteroatoms. The molecule has 0 aliphatic carbocycles. The molecule has 0 spiro atoms. The lowest BCUT2D eigenvalue weighted by Crippen LogP contribution is -2.04. The summed E-state index contributed by atoms with van der Waals surface area (Å²) < 4.78 is 13.7. The van der Waals surface area contributed by atoms with Crippen molar-refractivity contribution in [2.75, 3.05) is 11.1 Å². The third kappa shape index (κ3) is 2.70. The molecule has 1 heterocycles. The Morgan fingerprint density at radius 3 is 2.76 bits per heavy atom. The highest BCUT2D eigenvalue weighted by Crippen LogP contribution is 2.29. The van der Waals surface area contributed by atoms with E-state index < -0.39 is 5.82 Å². The number of hydrogen-bond acceptors (Lipinski definition) is 3. The van der Waals surface area contributed by atoms with Gasteiger partial charge in [0.1, 0.15) is 0 Å². The lowest BCUT2D eigenvalue weighted by atomic mass is 10.2. The molecule has 0 aliphatic rings. The Morgan fingerprint density at radius 2 is 2.12 bits per heavy atom. The summed E-state index contributed by atoms with van der Waals surface area (Å²) in [5.74, 6) is -0.500. The molecule has 0 saturated heterocycles. The Balaban J connectivity index is 2.16. The molecule has 0 radical (unpaired) electrons. The Labute approximate surface area is 108 Å². The van der Waals surface area contributed by atoms with Crippen LogP contribution in [0.2, 0.25) is 5.02 Å². The monoisotopic (exact) mass is 270 g/mol. The number of aryl methyl sites for hydroxylation is 1. The van der Waals surface area contributed by atoms with Crippen molar-refractivity contribution in [1.82, 2.24) is 0 Å². The summed E-state index contributed by atoms with van der Waals surface area (Å²) in [5.41, 5.74) is 6.33. The van der Waals surface area contributed by atoms with Crippen LogP contribution < -0.4 is 11.1 Å². The van der Waals surface area contributed by atoms with Gasteiger partial charge in [-0.1, -0.05) is 11.6 Å². The quantitative estimate of drug-likeness (QED) is 0.826. The van der Waals surface area contributed by atoms with Crippen molar-refractivity contribution in [2.24, 2.45) is 0 Å². The molecule has 1 aromatic heterocycles. The molecular formula is C12H12ClFN2S. The summed E-state index contributed by atoms with van der Waals surface area (Å²) in [6, 6.07) is 7.07. The average Bonchev–Trinajstić information content (AvgIpc) is 2.70. The van der Waals surface area contributed by atoms with E-state index in [4.69, 9.17) is 17.3 Å². The minimum Gasteiger partial charge on any atom is -0.397 e. The molecule has 2 nitrogen and oxygen atoms in total. The maximum Gasteiger partial charge on any atom is 0.166 e. The summed E-state index contributed by atoms with van der Waals surface area (Å²) in [6.45, 7) is 2.57. The normalized spacial score (nSPS) is 10.5. The molecule has 0 aliphatic heterocycles. The van der Waals surface area contributed by atoms with Crippen molar-refractivity contribution in [1.29, 1.82) is 0 Å². The lowest BCUT2D eigenvalue weighted by molar-refractivity contribution is 0.631. The standard InChI is InChI=1S/C12H12ClFN2S/c1-7-2-3-8(17-7)6-16-12-10(15)5-4-9(13)11(12)14/h2-5,16H,6,15H2,1H3. The van der Waals surface area contributed by atoms with E-state index >= 15 is 0 Å². The van der Waals surface area contributed by atoms with Crippen molar-refractivity contribution in [3.05, 3.63) is 44.9 Å². The van der Waals surface area contributed by atoms with Crippen molar-refractivity contribution >= 4 is 34.3 Å². The van der Waals surface area contributed by atoms with Gasteiger partial charge in [-0.3, -0.25) is 0 Å². The molecule has 2 aromatic rings. The molecule has 0 amide bonds. The number of thiophene rings is 1. The number of halogens is 2. The Hall–Kier alpha value is -1.26. The van der Waals surface area contributed by atoms with Gasteiger partial charge in [-0.2, -0.15) is 0 Å².